The molecule has 0 aliphatic heterocycles. The van der Waals surface area contributed by atoms with Crippen molar-refractivity contribution in [2.24, 2.45) is 0 Å². The van der Waals surface area contributed by atoms with Crippen LogP contribution in [0.15, 0.2) is 237 Å². The van der Waals surface area contributed by atoms with E-state index in [1.807, 2.05) is 11.3 Å². The third kappa shape index (κ3) is 5.34. The third-order valence-corrected chi connectivity index (χ3v) is 19.5. The SMILES string of the molecule is c1ccc(-n2c3ccccc3c3c4sc5c(-c6cccc([Si](c7ccccc7)(c7ccccc7)c7ccc8c9ccccc9c9ccccc9c8c7)c6)cccc5c4ccc32)cc1. The molecule has 63 heavy (non-hydrogen) atoms. The maximum Gasteiger partial charge on any atom is 0.179 e. The van der Waals surface area contributed by atoms with E-state index in [0.29, 0.717) is 0 Å². The van der Waals surface area contributed by atoms with Crippen molar-refractivity contribution in [2.45, 2.75) is 0 Å². The molecule has 11 aromatic carbocycles. The number of hydrogen-bond donors (Lipinski definition) is 0. The van der Waals surface area contributed by atoms with E-state index in [-0.39, 0.29) is 0 Å². The minimum Gasteiger partial charge on any atom is -0.309 e. The fourth-order valence-corrected chi connectivity index (χ4v) is 17.0. The Balaban J connectivity index is 1.08. The number of aromatic nitrogens is 1. The summed E-state index contributed by atoms with van der Waals surface area (Å²) in [5, 5.41) is 18.5. The van der Waals surface area contributed by atoms with Crippen LogP contribution in [0.2, 0.25) is 0 Å². The number of para-hydroxylation sites is 2. The van der Waals surface area contributed by atoms with Gasteiger partial charge in [0.05, 0.1) is 11.0 Å². The highest BCUT2D eigenvalue weighted by Crippen LogP contribution is 2.46. The van der Waals surface area contributed by atoms with E-state index < -0.39 is 8.07 Å². The topological polar surface area (TPSA) is 4.93 Å². The van der Waals surface area contributed by atoms with Gasteiger partial charge in [-0.15, -0.1) is 11.3 Å². The van der Waals surface area contributed by atoms with E-state index in [1.165, 1.54) is 112 Å². The van der Waals surface area contributed by atoms with Gasteiger partial charge in [-0.1, -0.05) is 212 Å². The molecule has 294 valence electrons. The molecule has 0 fully saturated rings. The van der Waals surface area contributed by atoms with Crippen molar-refractivity contribution in [3.05, 3.63) is 237 Å². The Hall–Kier alpha value is -7.56. The number of nitrogens with zero attached hydrogens (tertiary/aromatic N) is 1. The first kappa shape index (κ1) is 36.1. The van der Waals surface area contributed by atoms with Crippen LogP contribution in [0, 0.1) is 0 Å². The van der Waals surface area contributed by atoms with E-state index in [0.717, 1.165) is 0 Å². The van der Waals surface area contributed by atoms with Crippen LogP contribution in [-0.4, -0.2) is 12.6 Å². The fraction of sp³-hybridized carbons (Fsp3) is 0. The van der Waals surface area contributed by atoms with Gasteiger partial charge in [-0.25, -0.2) is 0 Å². The second kappa shape index (κ2) is 14.3. The summed E-state index contributed by atoms with van der Waals surface area (Å²) in [6.45, 7) is 0. The third-order valence-electron chi connectivity index (χ3n) is 13.5. The second-order valence-electron chi connectivity index (χ2n) is 16.7. The average Bonchev–Trinajstić information content (AvgIpc) is 3.91. The van der Waals surface area contributed by atoms with Gasteiger partial charge in [0.15, 0.2) is 8.07 Å². The number of fused-ring (bicyclic) bond motifs is 13. The van der Waals surface area contributed by atoms with Gasteiger partial charge in [-0.05, 0) is 88.5 Å². The lowest BCUT2D eigenvalue weighted by Crippen LogP contribution is -2.74. The molecule has 0 N–H and O–H groups in total. The summed E-state index contributed by atoms with van der Waals surface area (Å²) >= 11 is 1.94. The molecular weight excluding hydrogens is 795 g/mol. The molecule has 0 amide bonds. The molecule has 0 atom stereocenters. The molecule has 0 saturated carbocycles. The predicted molar refractivity (Wildman–Crippen MR) is 275 cm³/mol. The van der Waals surface area contributed by atoms with Crippen molar-refractivity contribution < 1.29 is 0 Å². The summed E-state index contributed by atoms with van der Waals surface area (Å²) in [7, 11) is -2.93. The standard InChI is InChI=1S/C60H39NSSi/c1-4-19-41(20-5-1)61-56-33-15-14-30-54(56)58-57(61)37-36-53-52-32-17-31-46(59(52)62-60(53)58)40-18-16-25-44(38-40)63(42-21-6-2-7-22-42,43-23-8-3-9-24-43)45-34-35-51-49-28-11-10-26-47(49)48-27-12-13-29-50(48)55(51)39-45/h1-39H. The van der Waals surface area contributed by atoms with Gasteiger partial charge in [-0.2, -0.15) is 0 Å². The highest BCUT2D eigenvalue weighted by Gasteiger charge is 2.42. The second-order valence-corrected chi connectivity index (χ2v) is 21.6. The zero-order chi connectivity index (χ0) is 41.5. The zero-order valence-corrected chi connectivity index (χ0v) is 36.2. The lowest BCUT2D eigenvalue weighted by Gasteiger charge is -2.35. The first-order chi connectivity index (χ1) is 31.3. The Labute approximate surface area is 370 Å². The quantitative estimate of drug-likeness (QED) is 0.0893. The van der Waals surface area contributed by atoms with E-state index >= 15 is 0 Å². The first-order valence-electron chi connectivity index (χ1n) is 21.8. The van der Waals surface area contributed by atoms with Crippen molar-refractivity contribution in [1.82, 2.24) is 4.57 Å². The number of rotatable bonds is 6. The number of hydrogen-bond acceptors (Lipinski definition) is 1. The average molecular weight is 834 g/mol. The molecule has 2 aromatic heterocycles. The lowest BCUT2D eigenvalue weighted by atomic mass is 9.94. The predicted octanol–water partition coefficient (Wildman–Crippen LogP) is 13.7. The highest BCUT2D eigenvalue weighted by atomic mass is 32.1. The van der Waals surface area contributed by atoms with E-state index in [2.05, 4.69) is 241 Å². The van der Waals surface area contributed by atoms with Gasteiger partial charge in [0.2, 0.25) is 0 Å². The van der Waals surface area contributed by atoms with Crippen LogP contribution >= 0.6 is 11.3 Å². The van der Waals surface area contributed by atoms with Crippen molar-refractivity contribution in [1.29, 1.82) is 0 Å². The van der Waals surface area contributed by atoms with Crippen LogP contribution in [-0.2, 0) is 0 Å². The van der Waals surface area contributed by atoms with Crippen molar-refractivity contribution in [2.75, 3.05) is 0 Å². The molecule has 1 nitrogen and oxygen atoms in total. The van der Waals surface area contributed by atoms with Gasteiger partial charge in [0.1, 0.15) is 0 Å². The Morgan fingerprint density at radius 3 is 1.48 bits per heavy atom. The molecule has 13 rings (SSSR count). The van der Waals surface area contributed by atoms with Crippen LogP contribution in [0.4, 0.5) is 0 Å². The van der Waals surface area contributed by atoms with Gasteiger partial charge in [-0.3, -0.25) is 0 Å². The molecule has 2 heterocycles. The van der Waals surface area contributed by atoms with Crippen LogP contribution in [0.5, 0.6) is 0 Å². The lowest BCUT2D eigenvalue weighted by molar-refractivity contribution is 1.18. The molecule has 0 aliphatic carbocycles. The van der Waals surface area contributed by atoms with Crippen molar-refractivity contribution in [3.63, 3.8) is 0 Å². The van der Waals surface area contributed by atoms with E-state index in [1.54, 1.807) is 0 Å². The normalized spacial score (nSPS) is 12.1. The van der Waals surface area contributed by atoms with Crippen molar-refractivity contribution in [3.8, 4) is 16.8 Å². The zero-order valence-electron chi connectivity index (χ0n) is 34.4. The van der Waals surface area contributed by atoms with Crippen LogP contribution in [0.3, 0.4) is 0 Å². The van der Waals surface area contributed by atoms with Crippen LogP contribution in [0.1, 0.15) is 0 Å². The summed E-state index contributed by atoms with van der Waals surface area (Å²) in [4.78, 5) is 0. The number of benzene rings is 11. The smallest absolute Gasteiger partial charge is 0.179 e. The summed E-state index contributed by atoms with van der Waals surface area (Å²) in [5.74, 6) is 0. The van der Waals surface area contributed by atoms with Gasteiger partial charge >= 0.3 is 0 Å². The van der Waals surface area contributed by atoms with Gasteiger partial charge in [0, 0.05) is 36.6 Å². The van der Waals surface area contributed by atoms with Crippen LogP contribution < -0.4 is 20.7 Å². The number of thiophene rings is 1. The summed E-state index contributed by atoms with van der Waals surface area (Å²) in [6, 6.07) is 88.8. The monoisotopic (exact) mass is 833 g/mol. The van der Waals surface area contributed by atoms with Crippen LogP contribution in [0.25, 0.3) is 91.1 Å². The summed E-state index contributed by atoms with van der Waals surface area (Å²) in [5.41, 5.74) is 6.17. The molecule has 0 unspecified atom stereocenters. The highest BCUT2D eigenvalue weighted by molar-refractivity contribution is 7.27. The molecular formula is C60H39NSSi. The molecule has 13 aromatic rings. The Bertz CT molecular complexity index is 3830. The maximum atomic E-state index is 2.55. The van der Waals surface area contributed by atoms with Gasteiger partial charge in [0.25, 0.3) is 0 Å². The molecule has 0 saturated heterocycles. The summed E-state index contributed by atoms with van der Waals surface area (Å²) in [6.07, 6.45) is 0. The maximum absolute atomic E-state index is 2.93. The Morgan fingerprint density at radius 1 is 0.302 bits per heavy atom. The molecule has 0 spiro atoms. The van der Waals surface area contributed by atoms with Crippen molar-refractivity contribution >= 4 is 114 Å². The first-order valence-corrected chi connectivity index (χ1v) is 24.6. The minimum absolute atomic E-state index is 1.18. The molecule has 0 aliphatic rings. The van der Waals surface area contributed by atoms with Gasteiger partial charge < -0.3 is 4.57 Å². The fourth-order valence-electron chi connectivity index (χ4n) is 10.8. The molecule has 0 bridgehead atoms. The minimum atomic E-state index is -2.93. The Kier molecular flexibility index (Phi) is 8.17. The molecule has 0 radical (unpaired) electrons. The Morgan fingerprint density at radius 2 is 0.794 bits per heavy atom. The largest absolute Gasteiger partial charge is 0.309 e. The van der Waals surface area contributed by atoms with E-state index in [4.69, 9.17) is 0 Å². The van der Waals surface area contributed by atoms with E-state index in [9.17, 15) is 0 Å². The summed E-state index contributed by atoms with van der Waals surface area (Å²) < 4.78 is 5.09. The molecule has 3 heteroatoms.